The Morgan fingerprint density at radius 3 is 2.38 bits per heavy atom. The number of H-pyrrole nitrogens is 1. The monoisotopic (exact) mass is 407 g/mol. The van der Waals surface area contributed by atoms with Gasteiger partial charge in [-0.25, -0.2) is 4.79 Å². The summed E-state index contributed by atoms with van der Waals surface area (Å²) in [4.78, 5) is 43.2. The van der Waals surface area contributed by atoms with E-state index in [0.29, 0.717) is 50.0 Å². The van der Waals surface area contributed by atoms with Gasteiger partial charge in [-0.2, -0.15) is 0 Å². The van der Waals surface area contributed by atoms with Crippen LogP contribution >= 0.6 is 0 Å². The van der Waals surface area contributed by atoms with Gasteiger partial charge in [-0.05, 0) is 45.3 Å². The summed E-state index contributed by atoms with van der Waals surface area (Å²) in [6, 6.07) is 0. The molecule has 8 nitrogen and oxygen atoms in total. The fraction of sp³-hybridized carbons (Fsp3) is 0.667. The van der Waals surface area contributed by atoms with Crippen LogP contribution in [-0.4, -0.2) is 83.0 Å². The van der Waals surface area contributed by atoms with Gasteiger partial charge in [0.15, 0.2) is 6.29 Å². The molecule has 29 heavy (non-hydrogen) atoms. The number of likely N-dealkylation sites (tertiary alicyclic amines) is 1. The van der Waals surface area contributed by atoms with Gasteiger partial charge in [-0.3, -0.25) is 9.59 Å². The summed E-state index contributed by atoms with van der Waals surface area (Å²) in [5.41, 5.74) is 0.651. The molecule has 1 fully saturated rings. The van der Waals surface area contributed by atoms with Crippen molar-refractivity contribution in [2.24, 2.45) is 0 Å². The molecule has 0 atom stereocenters. The van der Waals surface area contributed by atoms with Gasteiger partial charge in [0.25, 0.3) is 0 Å². The first kappa shape index (κ1) is 23.1. The van der Waals surface area contributed by atoms with Crippen LogP contribution in [-0.2, 0) is 16.0 Å². The Labute approximate surface area is 172 Å². The van der Waals surface area contributed by atoms with Crippen molar-refractivity contribution in [3.63, 3.8) is 0 Å². The molecule has 2 heterocycles. The zero-order chi connectivity index (χ0) is 21.6. The topological polar surface area (TPSA) is 103 Å². The number of aliphatic hydroxyl groups is 1. The number of nitrogens with zero attached hydrogens (tertiary/aromatic N) is 2. The quantitative estimate of drug-likeness (QED) is 0.476. The van der Waals surface area contributed by atoms with Crippen molar-refractivity contribution in [3.05, 3.63) is 22.5 Å². The van der Waals surface area contributed by atoms with Crippen molar-refractivity contribution in [1.29, 1.82) is 0 Å². The first-order chi connectivity index (χ1) is 13.8. The minimum absolute atomic E-state index is 0.0166. The van der Waals surface area contributed by atoms with E-state index >= 15 is 0 Å². The van der Waals surface area contributed by atoms with Crippen molar-refractivity contribution < 1.29 is 24.2 Å². The number of aromatic nitrogens is 1. The highest BCUT2D eigenvalue weighted by molar-refractivity contribution is 5.97. The maximum Gasteiger partial charge on any atom is 0.340 e. The SMILES string of the molecule is CCOC(=O)c1c(CC(=O)N2CCC(O)(CN(CC)CC)CC2)[nH]c(C=O)c1C. The van der Waals surface area contributed by atoms with Crippen molar-refractivity contribution in [3.8, 4) is 0 Å². The summed E-state index contributed by atoms with van der Waals surface area (Å²) in [6.45, 7) is 11.0. The average molecular weight is 408 g/mol. The number of carbonyl (C=O) groups excluding carboxylic acids is 3. The lowest BCUT2D eigenvalue weighted by atomic mass is 9.90. The average Bonchev–Trinajstić information content (AvgIpc) is 3.01. The van der Waals surface area contributed by atoms with Crippen molar-refractivity contribution >= 4 is 18.2 Å². The summed E-state index contributed by atoms with van der Waals surface area (Å²) in [7, 11) is 0. The number of ether oxygens (including phenoxy) is 1. The molecule has 1 aliphatic heterocycles. The van der Waals surface area contributed by atoms with E-state index in [0.717, 1.165) is 13.1 Å². The Balaban J connectivity index is 2.06. The lowest BCUT2D eigenvalue weighted by molar-refractivity contribution is -0.135. The number of esters is 1. The van der Waals surface area contributed by atoms with E-state index in [1.165, 1.54) is 0 Å². The Morgan fingerprint density at radius 2 is 1.86 bits per heavy atom. The second-order valence-electron chi connectivity index (χ2n) is 7.60. The normalized spacial score (nSPS) is 16.1. The number of carbonyl (C=O) groups is 3. The molecule has 2 N–H and O–H groups in total. The Kier molecular flexibility index (Phi) is 7.98. The molecule has 0 bridgehead atoms. The van der Waals surface area contributed by atoms with E-state index in [9.17, 15) is 19.5 Å². The van der Waals surface area contributed by atoms with Gasteiger partial charge < -0.3 is 24.6 Å². The summed E-state index contributed by atoms with van der Waals surface area (Å²) in [5.74, 6) is -0.677. The lowest BCUT2D eigenvalue weighted by Crippen LogP contribution is -2.52. The number of aldehydes is 1. The zero-order valence-corrected chi connectivity index (χ0v) is 17.9. The van der Waals surface area contributed by atoms with E-state index in [-0.39, 0.29) is 30.2 Å². The fourth-order valence-corrected chi connectivity index (χ4v) is 3.87. The number of hydrogen-bond acceptors (Lipinski definition) is 6. The van der Waals surface area contributed by atoms with Gasteiger partial charge in [0, 0.05) is 25.3 Å². The highest BCUT2D eigenvalue weighted by atomic mass is 16.5. The molecule has 1 saturated heterocycles. The molecule has 1 aliphatic rings. The number of aromatic amines is 1. The second kappa shape index (κ2) is 10.0. The van der Waals surface area contributed by atoms with Crippen LogP contribution in [0.4, 0.5) is 0 Å². The molecule has 0 spiro atoms. The molecular formula is C21H33N3O5. The number of rotatable bonds is 9. The van der Waals surface area contributed by atoms with Crippen LogP contribution in [0.2, 0.25) is 0 Å². The Hall–Kier alpha value is -2.19. The molecular weight excluding hydrogens is 374 g/mol. The van der Waals surface area contributed by atoms with Crippen LogP contribution in [0.25, 0.3) is 0 Å². The van der Waals surface area contributed by atoms with Gasteiger partial charge in [-0.1, -0.05) is 13.8 Å². The fourth-order valence-electron chi connectivity index (χ4n) is 3.87. The summed E-state index contributed by atoms with van der Waals surface area (Å²) >= 11 is 0. The standard InChI is InChI=1S/C21H33N3O5/c1-5-23(6-2)14-21(28)8-10-24(11-9-21)18(26)12-16-19(20(27)29-7-3)15(4)17(13-25)22-16/h13,22,28H,5-12,14H2,1-4H3. The summed E-state index contributed by atoms with van der Waals surface area (Å²) in [6.07, 6.45) is 1.66. The second-order valence-corrected chi connectivity index (χ2v) is 7.60. The van der Waals surface area contributed by atoms with Crippen molar-refractivity contribution in [2.45, 2.75) is 52.6 Å². The molecule has 1 aromatic heterocycles. The third-order valence-electron chi connectivity index (χ3n) is 5.75. The van der Waals surface area contributed by atoms with Gasteiger partial charge in [0.05, 0.1) is 29.9 Å². The third-order valence-corrected chi connectivity index (χ3v) is 5.75. The molecule has 0 aliphatic carbocycles. The molecule has 0 aromatic carbocycles. The predicted molar refractivity (Wildman–Crippen MR) is 109 cm³/mol. The number of likely N-dealkylation sites (N-methyl/N-ethyl adjacent to an activating group) is 1. The Morgan fingerprint density at radius 1 is 1.24 bits per heavy atom. The van der Waals surface area contributed by atoms with E-state index in [1.54, 1.807) is 18.7 Å². The molecule has 8 heteroatoms. The van der Waals surface area contributed by atoms with Crippen LogP contribution in [0, 0.1) is 6.92 Å². The smallest absolute Gasteiger partial charge is 0.340 e. The summed E-state index contributed by atoms with van der Waals surface area (Å²) in [5, 5.41) is 10.9. The van der Waals surface area contributed by atoms with Gasteiger partial charge >= 0.3 is 5.97 Å². The lowest BCUT2D eigenvalue weighted by Gasteiger charge is -2.40. The summed E-state index contributed by atoms with van der Waals surface area (Å²) < 4.78 is 5.08. The molecule has 2 rings (SSSR count). The van der Waals surface area contributed by atoms with Gasteiger partial charge in [-0.15, -0.1) is 0 Å². The first-order valence-electron chi connectivity index (χ1n) is 10.3. The Bertz CT molecular complexity index is 731. The minimum atomic E-state index is -0.785. The highest BCUT2D eigenvalue weighted by Gasteiger charge is 2.35. The number of piperidine rings is 1. The van der Waals surface area contributed by atoms with E-state index in [1.807, 2.05) is 0 Å². The zero-order valence-electron chi connectivity index (χ0n) is 17.9. The minimum Gasteiger partial charge on any atom is -0.462 e. The maximum atomic E-state index is 12.8. The number of amides is 1. The third kappa shape index (κ3) is 5.45. The molecule has 1 amide bonds. The molecule has 0 unspecified atom stereocenters. The van der Waals surface area contributed by atoms with Crippen LogP contribution in [0.3, 0.4) is 0 Å². The van der Waals surface area contributed by atoms with E-state index in [4.69, 9.17) is 4.74 Å². The molecule has 1 aromatic rings. The molecule has 0 saturated carbocycles. The van der Waals surface area contributed by atoms with Gasteiger partial charge in [0.2, 0.25) is 5.91 Å². The van der Waals surface area contributed by atoms with E-state index in [2.05, 4.69) is 23.7 Å². The largest absolute Gasteiger partial charge is 0.462 e. The molecule has 0 radical (unpaired) electrons. The van der Waals surface area contributed by atoms with E-state index < -0.39 is 11.6 Å². The van der Waals surface area contributed by atoms with Crippen LogP contribution in [0.15, 0.2) is 0 Å². The van der Waals surface area contributed by atoms with Crippen molar-refractivity contribution in [1.82, 2.24) is 14.8 Å². The van der Waals surface area contributed by atoms with Crippen LogP contribution in [0.1, 0.15) is 65.7 Å². The van der Waals surface area contributed by atoms with Crippen LogP contribution < -0.4 is 0 Å². The highest BCUT2D eigenvalue weighted by Crippen LogP contribution is 2.25. The van der Waals surface area contributed by atoms with Crippen molar-refractivity contribution in [2.75, 3.05) is 39.3 Å². The van der Waals surface area contributed by atoms with Crippen LogP contribution in [0.5, 0.6) is 0 Å². The first-order valence-corrected chi connectivity index (χ1v) is 10.3. The number of hydrogen-bond donors (Lipinski definition) is 2. The maximum absolute atomic E-state index is 12.8. The molecule has 162 valence electrons. The number of nitrogens with one attached hydrogen (secondary N) is 1. The van der Waals surface area contributed by atoms with Gasteiger partial charge in [0.1, 0.15) is 0 Å². The predicted octanol–water partition coefficient (Wildman–Crippen LogP) is 1.55.